The number of fused-ring (bicyclic) bond motifs is 1. The number of hydrogen-bond donors (Lipinski definition) is 6. The number of ether oxygens (including phenoxy) is 5. The molecule has 274 valence electrons. The van der Waals surface area contributed by atoms with E-state index in [0.29, 0.717) is 16.7 Å². The maximum absolute atomic E-state index is 13.0. The molecule has 0 saturated carbocycles. The molecular formula is C39H34O14. The Hall–Kier alpha value is -6.35. The van der Waals surface area contributed by atoms with Gasteiger partial charge in [-0.3, -0.25) is 4.79 Å². The molecule has 2 aliphatic heterocycles. The standard InChI is InChI=1S/C39H34O14/c40-24-9-1-21(2-10-24)5-15-33(45)49-20-32-36(47)38(53-34(46)16-6-22-3-11-25(41)12-4-22)37(48)39(52-32)50-27-17-28(43)35-29(44)19-30(51-31(35)18-27)23-7-13-26(42)14-8-23/h1-18,30,32,36-43,47-48H,19-20H2/t30-,32+,36-,37-,38+,39-/m1/s1. The summed E-state index contributed by atoms with van der Waals surface area (Å²) in [7, 11) is 0. The Morgan fingerprint density at radius 1 is 0.755 bits per heavy atom. The molecule has 14 heteroatoms. The molecule has 2 heterocycles. The number of aliphatic hydroxyl groups excluding tert-OH is 2. The minimum Gasteiger partial charge on any atom is -0.508 e. The first-order valence-electron chi connectivity index (χ1n) is 16.3. The molecule has 2 aliphatic rings. The number of carbonyl (C=O) groups is 3. The van der Waals surface area contributed by atoms with Gasteiger partial charge >= 0.3 is 11.9 Å². The molecule has 0 radical (unpaired) electrons. The number of esters is 2. The molecule has 0 bridgehead atoms. The number of benzene rings is 4. The molecule has 4 aromatic carbocycles. The summed E-state index contributed by atoms with van der Waals surface area (Å²) in [6, 6.07) is 20.4. The third-order valence-electron chi connectivity index (χ3n) is 8.38. The molecule has 6 N–H and O–H groups in total. The predicted molar refractivity (Wildman–Crippen MR) is 185 cm³/mol. The van der Waals surface area contributed by atoms with Gasteiger partial charge in [-0.25, -0.2) is 9.59 Å². The van der Waals surface area contributed by atoms with Crippen molar-refractivity contribution in [2.45, 2.75) is 43.2 Å². The number of hydrogen-bond acceptors (Lipinski definition) is 14. The lowest BCUT2D eigenvalue weighted by atomic mass is 9.95. The van der Waals surface area contributed by atoms with Gasteiger partial charge in [0.1, 0.15) is 65.0 Å². The molecular weight excluding hydrogens is 692 g/mol. The van der Waals surface area contributed by atoms with Gasteiger partial charge in [-0.1, -0.05) is 36.4 Å². The van der Waals surface area contributed by atoms with E-state index in [4.69, 9.17) is 23.7 Å². The summed E-state index contributed by atoms with van der Waals surface area (Å²) in [5.41, 5.74) is 1.63. The van der Waals surface area contributed by atoms with Crippen LogP contribution in [0, 0.1) is 0 Å². The lowest BCUT2D eigenvalue weighted by molar-refractivity contribution is -0.281. The second-order valence-electron chi connectivity index (χ2n) is 12.2. The zero-order valence-electron chi connectivity index (χ0n) is 27.7. The van der Waals surface area contributed by atoms with Crippen LogP contribution in [-0.4, -0.2) is 85.7 Å². The smallest absolute Gasteiger partial charge is 0.331 e. The number of aromatic hydroxyl groups is 4. The van der Waals surface area contributed by atoms with Gasteiger partial charge in [0.25, 0.3) is 0 Å². The fourth-order valence-corrected chi connectivity index (χ4v) is 5.65. The van der Waals surface area contributed by atoms with Crippen molar-refractivity contribution in [3.63, 3.8) is 0 Å². The first-order chi connectivity index (χ1) is 25.4. The molecule has 1 saturated heterocycles. The Morgan fingerprint density at radius 3 is 1.92 bits per heavy atom. The molecule has 53 heavy (non-hydrogen) atoms. The van der Waals surface area contributed by atoms with Crippen molar-refractivity contribution in [2.24, 2.45) is 0 Å². The highest BCUT2D eigenvalue weighted by molar-refractivity contribution is 6.02. The van der Waals surface area contributed by atoms with Crippen LogP contribution in [0.1, 0.15) is 39.6 Å². The van der Waals surface area contributed by atoms with Crippen LogP contribution in [-0.2, 0) is 23.8 Å². The van der Waals surface area contributed by atoms with Crippen LogP contribution in [0.3, 0.4) is 0 Å². The van der Waals surface area contributed by atoms with Gasteiger partial charge in [0.15, 0.2) is 18.0 Å². The minimum atomic E-state index is -1.83. The van der Waals surface area contributed by atoms with E-state index in [1.54, 1.807) is 36.4 Å². The highest BCUT2D eigenvalue weighted by atomic mass is 16.7. The Morgan fingerprint density at radius 2 is 1.32 bits per heavy atom. The van der Waals surface area contributed by atoms with Gasteiger partial charge in [0.2, 0.25) is 6.29 Å². The molecule has 14 nitrogen and oxygen atoms in total. The third kappa shape index (κ3) is 8.94. The van der Waals surface area contributed by atoms with Gasteiger partial charge in [-0.15, -0.1) is 0 Å². The van der Waals surface area contributed by atoms with Crippen LogP contribution in [0.15, 0.2) is 97.1 Å². The van der Waals surface area contributed by atoms with Crippen molar-refractivity contribution >= 4 is 29.9 Å². The molecule has 6 rings (SSSR count). The van der Waals surface area contributed by atoms with Gasteiger partial charge in [-0.2, -0.15) is 0 Å². The number of aliphatic hydroxyl groups is 2. The fraction of sp³-hybridized carbons (Fsp3) is 0.205. The summed E-state index contributed by atoms with van der Waals surface area (Å²) in [5.74, 6) is -2.77. The van der Waals surface area contributed by atoms with Crippen LogP contribution in [0.2, 0.25) is 0 Å². The van der Waals surface area contributed by atoms with E-state index in [1.807, 2.05) is 0 Å². The van der Waals surface area contributed by atoms with E-state index in [9.17, 15) is 45.0 Å². The van der Waals surface area contributed by atoms with E-state index >= 15 is 0 Å². The molecule has 0 unspecified atom stereocenters. The lowest BCUT2D eigenvalue weighted by Crippen LogP contribution is -2.61. The molecule has 0 amide bonds. The van der Waals surface area contributed by atoms with E-state index in [-0.39, 0.29) is 40.7 Å². The first-order valence-corrected chi connectivity index (χ1v) is 16.3. The topological polar surface area (TPSA) is 219 Å². The van der Waals surface area contributed by atoms with Crippen LogP contribution in [0.5, 0.6) is 34.5 Å². The second-order valence-corrected chi connectivity index (χ2v) is 12.2. The van der Waals surface area contributed by atoms with Crippen molar-refractivity contribution < 1.29 is 68.7 Å². The normalized spacial score (nSPS) is 22.6. The number of Topliss-reactive ketones (excluding diaryl/α,β-unsaturated/α-hetero) is 1. The van der Waals surface area contributed by atoms with Crippen LogP contribution < -0.4 is 9.47 Å². The number of ketones is 1. The Labute approximate surface area is 302 Å². The summed E-state index contributed by atoms with van der Waals surface area (Å²) in [6.07, 6.45) is -4.20. The molecule has 1 fully saturated rings. The highest BCUT2D eigenvalue weighted by Crippen LogP contribution is 2.43. The lowest BCUT2D eigenvalue weighted by Gasteiger charge is -2.41. The fourth-order valence-electron chi connectivity index (χ4n) is 5.65. The van der Waals surface area contributed by atoms with Gasteiger partial charge in [0.05, 0.1) is 6.42 Å². The minimum absolute atomic E-state index is 0.0226. The largest absolute Gasteiger partial charge is 0.508 e. The Kier molecular flexibility index (Phi) is 10.9. The number of phenolic OH excluding ortho intramolecular Hbond substituents is 4. The van der Waals surface area contributed by atoms with Crippen molar-refractivity contribution in [3.05, 3.63) is 119 Å². The molecule has 4 aromatic rings. The number of carbonyl (C=O) groups excluding carboxylic acids is 3. The average molecular weight is 727 g/mol. The first kappa shape index (κ1) is 36.4. The molecule has 0 aromatic heterocycles. The van der Waals surface area contributed by atoms with Crippen molar-refractivity contribution in [2.75, 3.05) is 6.61 Å². The maximum Gasteiger partial charge on any atom is 0.331 e. The summed E-state index contributed by atoms with van der Waals surface area (Å²) < 4.78 is 28.4. The Bertz CT molecular complexity index is 2000. The van der Waals surface area contributed by atoms with E-state index in [1.165, 1.54) is 54.6 Å². The maximum atomic E-state index is 13.0. The van der Waals surface area contributed by atoms with E-state index < -0.39 is 66.9 Å². The quantitative estimate of drug-likeness (QED) is 0.101. The second kappa shape index (κ2) is 15.9. The van der Waals surface area contributed by atoms with Crippen molar-refractivity contribution in [3.8, 4) is 34.5 Å². The van der Waals surface area contributed by atoms with Crippen LogP contribution >= 0.6 is 0 Å². The predicted octanol–water partition coefficient (Wildman–Crippen LogP) is 3.92. The van der Waals surface area contributed by atoms with E-state index in [0.717, 1.165) is 18.2 Å². The van der Waals surface area contributed by atoms with Crippen molar-refractivity contribution in [1.29, 1.82) is 0 Å². The summed E-state index contributed by atoms with van der Waals surface area (Å²) in [5, 5.41) is 61.9. The van der Waals surface area contributed by atoms with Gasteiger partial charge in [0, 0.05) is 24.3 Å². The SMILES string of the molecule is O=C(C=Cc1ccc(O)cc1)OC[C@@H]1O[C@@H](Oc2cc(O)c3c(c2)O[C@@H](c2ccc(O)cc2)CC3=O)[C@H](O)[C@@H](OC(=O)C=Cc2ccc(O)cc2)[C@@H]1O. The molecule has 0 aliphatic carbocycles. The molecule has 0 spiro atoms. The monoisotopic (exact) mass is 726 g/mol. The summed E-state index contributed by atoms with van der Waals surface area (Å²) >= 11 is 0. The zero-order chi connectivity index (χ0) is 37.6. The van der Waals surface area contributed by atoms with Crippen LogP contribution in [0.25, 0.3) is 12.2 Å². The van der Waals surface area contributed by atoms with Gasteiger partial charge < -0.3 is 54.3 Å². The summed E-state index contributed by atoms with van der Waals surface area (Å²) in [4.78, 5) is 38.4. The summed E-state index contributed by atoms with van der Waals surface area (Å²) in [6.45, 7) is -0.578. The number of rotatable bonds is 10. The third-order valence-corrected chi connectivity index (χ3v) is 8.38. The van der Waals surface area contributed by atoms with E-state index in [2.05, 4.69) is 0 Å². The zero-order valence-corrected chi connectivity index (χ0v) is 27.7. The van der Waals surface area contributed by atoms with Crippen molar-refractivity contribution in [1.82, 2.24) is 0 Å². The highest BCUT2D eigenvalue weighted by Gasteiger charge is 2.48. The Balaban J connectivity index is 1.21. The van der Waals surface area contributed by atoms with Crippen LogP contribution in [0.4, 0.5) is 0 Å². The van der Waals surface area contributed by atoms with Gasteiger partial charge in [-0.05, 0) is 65.2 Å². The number of phenols is 4. The molecule has 6 atom stereocenters. The average Bonchev–Trinajstić information content (AvgIpc) is 3.13.